The molecule has 2 rings (SSSR count). The maximum absolute atomic E-state index is 11.0. The highest BCUT2D eigenvalue weighted by Gasteiger charge is 2.02. The van der Waals surface area contributed by atoms with Gasteiger partial charge in [-0.25, -0.2) is 8.42 Å². The Kier molecular flexibility index (Phi) is 3.10. The van der Waals surface area contributed by atoms with Crippen LogP contribution in [0.5, 0.6) is 0 Å². The molecule has 0 radical (unpaired) electrons. The summed E-state index contributed by atoms with van der Waals surface area (Å²) < 4.78 is 24.5. The minimum atomic E-state index is -3.21. The van der Waals surface area contributed by atoms with Crippen LogP contribution in [0.25, 0.3) is 11.1 Å². The predicted molar refractivity (Wildman–Crippen MR) is 68.1 cm³/mol. The van der Waals surface area contributed by atoms with E-state index in [-0.39, 0.29) is 0 Å². The van der Waals surface area contributed by atoms with Crippen LogP contribution in [0.15, 0.2) is 48.8 Å². The lowest BCUT2D eigenvalue weighted by Crippen LogP contribution is -2.09. The van der Waals surface area contributed by atoms with E-state index in [1.165, 1.54) is 0 Å². The Morgan fingerprint density at radius 3 is 2.00 bits per heavy atom. The van der Waals surface area contributed by atoms with Gasteiger partial charge in [-0.15, -0.1) is 0 Å². The van der Waals surface area contributed by atoms with Crippen molar-refractivity contribution in [2.45, 2.75) is 0 Å². The van der Waals surface area contributed by atoms with Gasteiger partial charge in [-0.1, -0.05) is 12.1 Å². The van der Waals surface area contributed by atoms with Crippen LogP contribution in [0.2, 0.25) is 0 Å². The van der Waals surface area contributed by atoms with Crippen LogP contribution in [0.3, 0.4) is 0 Å². The van der Waals surface area contributed by atoms with E-state index in [0.29, 0.717) is 5.69 Å². The lowest BCUT2D eigenvalue weighted by atomic mass is 10.1. The van der Waals surface area contributed by atoms with Crippen molar-refractivity contribution < 1.29 is 8.42 Å². The topological polar surface area (TPSA) is 59.1 Å². The first-order valence-corrected chi connectivity index (χ1v) is 6.92. The van der Waals surface area contributed by atoms with E-state index < -0.39 is 10.0 Å². The van der Waals surface area contributed by atoms with Crippen molar-refractivity contribution in [1.29, 1.82) is 0 Å². The number of pyridine rings is 1. The number of nitrogens with zero attached hydrogens (tertiary/aromatic N) is 1. The van der Waals surface area contributed by atoms with Gasteiger partial charge in [-0.3, -0.25) is 9.71 Å². The van der Waals surface area contributed by atoms with E-state index in [1.807, 2.05) is 24.3 Å². The van der Waals surface area contributed by atoms with Crippen LogP contribution in [0, 0.1) is 0 Å². The van der Waals surface area contributed by atoms with Gasteiger partial charge in [0.25, 0.3) is 0 Å². The van der Waals surface area contributed by atoms with Crippen LogP contribution < -0.4 is 4.72 Å². The quantitative estimate of drug-likeness (QED) is 0.905. The highest BCUT2D eigenvalue weighted by Crippen LogP contribution is 2.20. The summed E-state index contributed by atoms with van der Waals surface area (Å²) in [6, 6.07) is 11.0. The summed E-state index contributed by atoms with van der Waals surface area (Å²) in [7, 11) is -3.21. The molecule has 5 heteroatoms. The first-order chi connectivity index (χ1) is 8.04. The van der Waals surface area contributed by atoms with Crippen LogP contribution in [0.4, 0.5) is 5.69 Å². The van der Waals surface area contributed by atoms with Crippen LogP contribution in [-0.2, 0) is 10.0 Å². The third kappa shape index (κ3) is 3.29. The minimum Gasteiger partial charge on any atom is -0.284 e. The molecule has 1 heterocycles. The Labute approximate surface area is 100 Å². The van der Waals surface area contributed by atoms with Gasteiger partial charge in [0, 0.05) is 18.1 Å². The van der Waals surface area contributed by atoms with Crippen molar-refractivity contribution >= 4 is 15.7 Å². The molecule has 88 valence electrons. The molecule has 4 nitrogen and oxygen atoms in total. The molecule has 1 aromatic carbocycles. The fourth-order valence-electron chi connectivity index (χ4n) is 1.49. The van der Waals surface area contributed by atoms with Gasteiger partial charge in [-0.05, 0) is 35.4 Å². The molecular weight excluding hydrogens is 236 g/mol. The van der Waals surface area contributed by atoms with E-state index in [0.717, 1.165) is 17.4 Å². The fourth-order valence-corrected chi connectivity index (χ4v) is 2.05. The van der Waals surface area contributed by atoms with Gasteiger partial charge in [0.2, 0.25) is 10.0 Å². The van der Waals surface area contributed by atoms with Crippen LogP contribution in [0.1, 0.15) is 0 Å². The third-order valence-electron chi connectivity index (χ3n) is 2.20. The van der Waals surface area contributed by atoms with E-state index >= 15 is 0 Å². The third-order valence-corrected chi connectivity index (χ3v) is 2.81. The molecule has 0 aliphatic rings. The number of rotatable bonds is 3. The molecular formula is C12H12N2O2S. The molecule has 1 aromatic heterocycles. The zero-order chi connectivity index (χ0) is 12.3. The van der Waals surface area contributed by atoms with E-state index in [4.69, 9.17) is 0 Å². The van der Waals surface area contributed by atoms with Gasteiger partial charge < -0.3 is 0 Å². The second-order valence-electron chi connectivity index (χ2n) is 3.69. The summed E-state index contributed by atoms with van der Waals surface area (Å²) in [5, 5.41) is 0. The summed E-state index contributed by atoms with van der Waals surface area (Å²) >= 11 is 0. The monoisotopic (exact) mass is 248 g/mol. The van der Waals surface area contributed by atoms with Crippen molar-refractivity contribution in [2.24, 2.45) is 0 Å². The fraction of sp³-hybridized carbons (Fsp3) is 0.0833. The van der Waals surface area contributed by atoms with Crippen LogP contribution in [-0.4, -0.2) is 19.7 Å². The second kappa shape index (κ2) is 4.55. The lowest BCUT2D eigenvalue weighted by molar-refractivity contribution is 0.607. The van der Waals surface area contributed by atoms with Crippen molar-refractivity contribution in [3.8, 4) is 11.1 Å². The van der Waals surface area contributed by atoms with Gasteiger partial charge in [0.15, 0.2) is 0 Å². The van der Waals surface area contributed by atoms with Crippen molar-refractivity contribution in [2.75, 3.05) is 11.0 Å². The molecule has 0 aliphatic carbocycles. The molecule has 0 amide bonds. The number of benzene rings is 1. The number of anilines is 1. The maximum atomic E-state index is 11.0. The Morgan fingerprint density at radius 1 is 0.941 bits per heavy atom. The highest BCUT2D eigenvalue weighted by atomic mass is 32.2. The predicted octanol–water partition coefficient (Wildman–Crippen LogP) is 2.12. The average molecular weight is 248 g/mol. The second-order valence-corrected chi connectivity index (χ2v) is 5.44. The van der Waals surface area contributed by atoms with Crippen molar-refractivity contribution in [3.05, 3.63) is 48.8 Å². The Bertz CT molecular complexity index is 592. The van der Waals surface area contributed by atoms with Crippen LogP contribution >= 0.6 is 0 Å². The summed E-state index contributed by atoms with van der Waals surface area (Å²) in [5.41, 5.74) is 2.63. The SMILES string of the molecule is CS(=O)(=O)Nc1ccc(-c2ccncc2)cc1. The number of hydrogen-bond donors (Lipinski definition) is 1. The van der Waals surface area contributed by atoms with Gasteiger partial charge in [0.05, 0.1) is 6.26 Å². The number of sulfonamides is 1. The van der Waals surface area contributed by atoms with Crippen molar-refractivity contribution in [3.63, 3.8) is 0 Å². The molecule has 0 saturated carbocycles. The average Bonchev–Trinajstić information content (AvgIpc) is 2.29. The summed E-state index contributed by atoms with van der Waals surface area (Å²) in [6.07, 6.45) is 4.57. The minimum absolute atomic E-state index is 0.560. The summed E-state index contributed by atoms with van der Waals surface area (Å²) in [5.74, 6) is 0. The van der Waals surface area contributed by atoms with E-state index in [1.54, 1.807) is 24.5 Å². The smallest absolute Gasteiger partial charge is 0.229 e. The van der Waals surface area contributed by atoms with Crippen molar-refractivity contribution in [1.82, 2.24) is 4.98 Å². The highest BCUT2D eigenvalue weighted by molar-refractivity contribution is 7.92. The van der Waals surface area contributed by atoms with Gasteiger partial charge in [0.1, 0.15) is 0 Å². The summed E-state index contributed by atoms with van der Waals surface area (Å²) in [6.45, 7) is 0. The molecule has 2 aromatic rings. The largest absolute Gasteiger partial charge is 0.284 e. The number of aromatic nitrogens is 1. The van der Waals surface area contributed by atoms with Gasteiger partial charge in [-0.2, -0.15) is 0 Å². The number of nitrogens with one attached hydrogen (secondary N) is 1. The molecule has 0 spiro atoms. The zero-order valence-corrected chi connectivity index (χ0v) is 10.1. The summed E-state index contributed by atoms with van der Waals surface area (Å²) in [4.78, 5) is 3.95. The molecule has 0 unspecified atom stereocenters. The van der Waals surface area contributed by atoms with Gasteiger partial charge >= 0.3 is 0 Å². The Balaban J connectivity index is 2.25. The molecule has 0 bridgehead atoms. The normalized spacial score (nSPS) is 11.1. The molecule has 0 aliphatic heterocycles. The lowest BCUT2D eigenvalue weighted by Gasteiger charge is -2.05. The Morgan fingerprint density at radius 2 is 1.47 bits per heavy atom. The van der Waals surface area contributed by atoms with E-state index in [9.17, 15) is 8.42 Å². The molecule has 0 atom stereocenters. The molecule has 0 saturated heterocycles. The first-order valence-electron chi connectivity index (χ1n) is 5.03. The number of hydrogen-bond acceptors (Lipinski definition) is 3. The first kappa shape index (κ1) is 11.6. The standard InChI is InChI=1S/C12H12N2O2S/c1-17(15,16)14-12-4-2-10(3-5-12)11-6-8-13-9-7-11/h2-9,14H,1H3. The Hall–Kier alpha value is -1.88. The maximum Gasteiger partial charge on any atom is 0.229 e. The molecule has 0 fully saturated rings. The molecule has 17 heavy (non-hydrogen) atoms. The zero-order valence-electron chi connectivity index (χ0n) is 9.29. The van der Waals surface area contributed by atoms with E-state index in [2.05, 4.69) is 9.71 Å². The molecule has 1 N–H and O–H groups in total.